The second-order valence-electron chi connectivity index (χ2n) is 3.73. The van der Waals surface area contributed by atoms with Gasteiger partial charge in [0.25, 0.3) is 0 Å². The average molecular weight is 228 g/mol. The highest BCUT2D eigenvalue weighted by Crippen LogP contribution is 2.11. The monoisotopic (exact) mass is 228 g/mol. The van der Waals surface area contributed by atoms with E-state index in [-0.39, 0.29) is 24.3 Å². The van der Waals surface area contributed by atoms with Crippen molar-refractivity contribution in [1.29, 1.82) is 0 Å². The molecule has 0 heterocycles. The molecule has 0 aromatic rings. The minimum absolute atomic E-state index is 0.210. The van der Waals surface area contributed by atoms with Crippen LogP contribution in [0, 0.1) is 5.92 Å². The van der Waals surface area contributed by atoms with Gasteiger partial charge in [0.1, 0.15) is 0 Å². The van der Waals surface area contributed by atoms with Gasteiger partial charge in [0.05, 0.1) is 13.7 Å². The molecule has 4 heteroatoms. The van der Waals surface area contributed by atoms with Gasteiger partial charge in [0.2, 0.25) is 0 Å². The molecule has 0 aliphatic rings. The lowest BCUT2D eigenvalue weighted by Gasteiger charge is -2.07. The smallest absolute Gasteiger partial charge is 0.333 e. The fourth-order valence-electron chi connectivity index (χ4n) is 1.26. The molecule has 0 aromatic heterocycles. The Balaban J connectivity index is 4.34. The second kappa shape index (κ2) is 7.91. The summed E-state index contributed by atoms with van der Waals surface area (Å²) >= 11 is 0. The Bertz CT molecular complexity index is 266. The average Bonchev–Trinajstić information content (AvgIpc) is 2.23. The highest BCUT2D eigenvalue weighted by molar-refractivity contribution is 5.89. The van der Waals surface area contributed by atoms with E-state index in [4.69, 9.17) is 4.74 Å². The number of carbonyl (C=O) groups is 2. The van der Waals surface area contributed by atoms with Crippen LogP contribution in [0.1, 0.15) is 33.6 Å². The van der Waals surface area contributed by atoms with Crippen LogP contribution in [0.3, 0.4) is 0 Å². The minimum atomic E-state index is -0.377. The van der Waals surface area contributed by atoms with E-state index in [1.165, 1.54) is 7.11 Å². The minimum Gasteiger partial charge on any atom is -0.466 e. The number of ether oxygens (including phenoxy) is 2. The van der Waals surface area contributed by atoms with Crippen molar-refractivity contribution >= 4 is 11.9 Å². The molecule has 0 saturated carbocycles. The molecule has 0 aromatic carbocycles. The van der Waals surface area contributed by atoms with Gasteiger partial charge in [-0.3, -0.25) is 4.79 Å². The molecule has 0 radical (unpaired) electrons. The topological polar surface area (TPSA) is 52.6 Å². The molecule has 0 aliphatic heterocycles. The molecular formula is C12H20O4. The summed E-state index contributed by atoms with van der Waals surface area (Å²) in [6.45, 7) is 6.05. The van der Waals surface area contributed by atoms with E-state index in [2.05, 4.69) is 4.74 Å². The predicted molar refractivity (Wildman–Crippen MR) is 60.8 cm³/mol. The Kier molecular flexibility index (Phi) is 7.25. The highest BCUT2D eigenvalue weighted by atomic mass is 16.5. The van der Waals surface area contributed by atoms with Crippen LogP contribution in [0.15, 0.2) is 11.6 Å². The summed E-state index contributed by atoms with van der Waals surface area (Å²) in [4.78, 5) is 22.5. The Morgan fingerprint density at radius 3 is 2.31 bits per heavy atom. The van der Waals surface area contributed by atoms with Crippen LogP contribution in [0.2, 0.25) is 0 Å². The molecule has 4 nitrogen and oxygen atoms in total. The van der Waals surface area contributed by atoms with E-state index < -0.39 is 0 Å². The van der Waals surface area contributed by atoms with Gasteiger partial charge >= 0.3 is 11.9 Å². The van der Waals surface area contributed by atoms with Gasteiger partial charge in [-0.1, -0.05) is 19.9 Å². The maximum absolute atomic E-state index is 11.4. The summed E-state index contributed by atoms with van der Waals surface area (Å²) in [7, 11) is 1.33. The van der Waals surface area contributed by atoms with Crippen molar-refractivity contribution in [2.24, 2.45) is 5.92 Å². The molecule has 0 aliphatic carbocycles. The molecule has 0 rings (SSSR count). The zero-order valence-electron chi connectivity index (χ0n) is 10.4. The molecule has 0 N–H and O–H groups in total. The van der Waals surface area contributed by atoms with Gasteiger partial charge in [0, 0.05) is 12.0 Å². The fraction of sp³-hybridized carbons (Fsp3) is 0.667. The third-order valence-corrected chi connectivity index (χ3v) is 1.89. The molecule has 16 heavy (non-hydrogen) atoms. The van der Waals surface area contributed by atoms with Crippen molar-refractivity contribution in [3.63, 3.8) is 0 Å². The first-order valence-corrected chi connectivity index (χ1v) is 5.45. The molecule has 0 bridgehead atoms. The summed E-state index contributed by atoms with van der Waals surface area (Å²) in [6.07, 6.45) is 2.39. The van der Waals surface area contributed by atoms with E-state index >= 15 is 0 Å². The van der Waals surface area contributed by atoms with E-state index in [0.29, 0.717) is 18.6 Å². The van der Waals surface area contributed by atoms with Crippen LogP contribution in [-0.4, -0.2) is 25.7 Å². The molecule has 0 saturated heterocycles. The van der Waals surface area contributed by atoms with E-state index in [1.54, 1.807) is 6.92 Å². The number of esters is 2. The first-order chi connectivity index (χ1) is 7.51. The SMILES string of the molecule is CCOC(=O)CC/C(=C/C(C)C)C(=O)OC. The van der Waals surface area contributed by atoms with Gasteiger partial charge in [-0.2, -0.15) is 0 Å². The predicted octanol–water partition coefficient (Wildman–Crippen LogP) is 2.09. The van der Waals surface area contributed by atoms with E-state index in [9.17, 15) is 9.59 Å². The summed E-state index contributed by atoms with van der Waals surface area (Å²) in [5.74, 6) is -0.421. The maximum Gasteiger partial charge on any atom is 0.333 e. The Labute approximate surface area is 96.6 Å². The number of hydrogen-bond acceptors (Lipinski definition) is 4. The molecule has 0 spiro atoms. The van der Waals surface area contributed by atoms with Crippen LogP contribution in [-0.2, 0) is 19.1 Å². The lowest BCUT2D eigenvalue weighted by atomic mass is 10.1. The largest absolute Gasteiger partial charge is 0.466 e. The van der Waals surface area contributed by atoms with Crippen LogP contribution in [0.25, 0.3) is 0 Å². The molecule has 0 amide bonds. The zero-order chi connectivity index (χ0) is 12.6. The normalized spacial score (nSPS) is 11.4. The third kappa shape index (κ3) is 6.22. The zero-order valence-corrected chi connectivity index (χ0v) is 10.4. The summed E-state index contributed by atoms with van der Waals surface area (Å²) < 4.78 is 9.44. The van der Waals surface area contributed by atoms with Crippen LogP contribution < -0.4 is 0 Å². The molecular weight excluding hydrogens is 208 g/mol. The lowest BCUT2D eigenvalue weighted by molar-refractivity contribution is -0.143. The van der Waals surface area contributed by atoms with Gasteiger partial charge in [-0.25, -0.2) is 4.79 Å². The second-order valence-corrected chi connectivity index (χ2v) is 3.73. The van der Waals surface area contributed by atoms with Gasteiger partial charge < -0.3 is 9.47 Å². The highest BCUT2D eigenvalue weighted by Gasteiger charge is 2.12. The molecule has 0 fully saturated rings. The lowest BCUT2D eigenvalue weighted by Crippen LogP contribution is -2.10. The summed E-state index contributed by atoms with van der Waals surface area (Å²) in [5.41, 5.74) is 0.533. The number of carbonyl (C=O) groups excluding carboxylic acids is 2. The molecule has 0 atom stereocenters. The number of methoxy groups -OCH3 is 1. The van der Waals surface area contributed by atoms with Crippen molar-refractivity contribution in [3.8, 4) is 0 Å². The van der Waals surface area contributed by atoms with E-state index in [1.807, 2.05) is 19.9 Å². The number of rotatable bonds is 6. The van der Waals surface area contributed by atoms with Crippen LogP contribution in [0.5, 0.6) is 0 Å². The molecule has 92 valence electrons. The first kappa shape index (κ1) is 14.7. The first-order valence-electron chi connectivity index (χ1n) is 5.45. The quantitative estimate of drug-likeness (QED) is 0.516. The summed E-state index contributed by atoms with van der Waals surface area (Å²) in [6, 6.07) is 0. The third-order valence-electron chi connectivity index (χ3n) is 1.89. The van der Waals surface area contributed by atoms with Gasteiger partial charge in [-0.05, 0) is 19.3 Å². The van der Waals surface area contributed by atoms with Gasteiger partial charge in [0.15, 0.2) is 0 Å². The molecule has 0 unspecified atom stereocenters. The standard InChI is InChI=1S/C12H20O4/c1-5-16-11(13)7-6-10(8-9(2)3)12(14)15-4/h8-9H,5-7H2,1-4H3/b10-8-. The maximum atomic E-state index is 11.4. The van der Waals surface area contributed by atoms with Crippen molar-refractivity contribution in [1.82, 2.24) is 0 Å². The summed E-state index contributed by atoms with van der Waals surface area (Å²) in [5, 5.41) is 0. The van der Waals surface area contributed by atoms with Crippen molar-refractivity contribution in [2.75, 3.05) is 13.7 Å². The Morgan fingerprint density at radius 2 is 1.88 bits per heavy atom. The number of hydrogen-bond donors (Lipinski definition) is 0. The van der Waals surface area contributed by atoms with Crippen molar-refractivity contribution in [3.05, 3.63) is 11.6 Å². The van der Waals surface area contributed by atoms with E-state index in [0.717, 1.165) is 0 Å². The Morgan fingerprint density at radius 1 is 1.25 bits per heavy atom. The number of allylic oxidation sites excluding steroid dienone is 1. The van der Waals surface area contributed by atoms with Crippen molar-refractivity contribution in [2.45, 2.75) is 33.6 Å². The van der Waals surface area contributed by atoms with Crippen LogP contribution >= 0.6 is 0 Å². The fourth-order valence-corrected chi connectivity index (χ4v) is 1.26. The Hall–Kier alpha value is -1.32. The van der Waals surface area contributed by atoms with Crippen LogP contribution in [0.4, 0.5) is 0 Å². The van der Waals surface area contributed by atoms with Gasteiger partial charge in [-0.15, -0.1) is 0 Å². The van der Waals surface area contributed by atoms with Crippen molar-refractivity contribution < 1.29 is 19.1 Å².